The molecule has 0 N–H and O–H groups in total. The van der Waals surface area contributed by atoms with Crippen molar-refractivity contribution in [3.8, 4) is 0 Å². The maximum Gasteiger partial charge on any atom is 1.00 e. The van der Waals surface area contributed by atoms with Gasteiger partial charge in [0.05, 0.1) is 10.1 Å². The largest absolute Gasteiger partial charge is 1.00 e. The van der Waals surface area contributed by atoms with Crippen LogP contribution in [0.3, 0.4) is 0 Å². The topological polar surface area (TPSA) is 57.2 Å². The van der Waals surface area contributed by atoms with Crippen molar-refractivity contribution in [2.45, 2.75) is 0 Å². The van der Waals surface area contributed by atoms with E-state index in [0.29, 0.717) is 6.26 Å². The van der Waals surface area contributed by atoms with E-state index in [4.69, 9.17) is 13.0 Å². The third-order valence-corrected chi connectivity index (χ3v) is 0. The van der Waals surface area contributed by atoms with Gasteiger partial charge in [-0.3, -0.25) is 0 Å². The molecule has 0 aromatic heterocycles. The van der Waals surface area contributed by atoms with E-state index in [1.807, 2.05) is 0 Å². The van der Waals surface area contributed by atoms with E-state index in [9.17, 15) is 0 Å². The molecule has 0 amide bonds. The van der Waals surface area contributed by atoms with Gasteiger partial charge in [-0.1, -0.05) is 0 Å². The Morgan fingerprint density at radius 2 is 1.38 bits per heavy atom. The zero-order chi connectivity index (χ0) is 4.50. The SMILES string of the molecule is CS(=O)(=O)[O-].[Ag+].[I-].[K+]. The minimum Gasteiger partial charge on any atom is -1.00 e. The molecule has 0 aliphatic rings. The summed E-state index contributed by atoms with van der Waals surface area (Å²) in [6, 6.07) is 0. The molecule has 3 nitrogen and oxygen atoms in total. The van der Waals surface area contributed by atoms with Crippen LogP contribution in [0.25, 0.3) is 0 Å². The molecule has 0 aliphatic heterocycles. The Morgan fingerprint density at radius 3 is 1.38 bits per heavy atom. The van der Waals surface area contributed by atoms with Crippen LogP contribution in [0.2, 0.25) is 0 Å². The van der Waals surface area contributed by atoms with Crippen LogP contribution < -0.4 is 75.4 Å². The second-order valence-corrected chi connectivity index (χ2v) is 2.11. The molecular weight excluding hydrogens is 366 g/mol. The minimum atomic E-state index is -3.92. The van der Waals surface area contributed by atoms with Gasteiger partial charge in [-0.05, 0) is 0 Å². The van der Waals surface area contributed by atoms with Crippen LogP contribution in [-0.4, -0.2) is 19.2 Å². The fraction of sp³-hybridized carbons (Fsp3) is 1.00. The molecule has 0 heterocycles. The molecule has 0 aromatic rings. The minimum absolute atomic E-state index is 0. The molecule has 0 fully saturated rings. The molecule has 0 aromatic carbocycles. The van der Waals surface area contributed by atoms with Gasteiger partial charge < -0.3 is 28.5 Å². The monoisotopic (exact) mass is 368 g/mol. The van der Waals surface area contributed by atoms with Crippen molar-refractivity contribution < 1.29 is 111 Å². The Balaban J connectivity index is -0.0000000267. The zero-order valence-corrected chi connectivity index (χ0v) is 11.9. The van der Waals surface area contributed by atoms with Gasteiger partial charge in [0.2, 0.25) is 0 Å². The first kappa shape index (κ1) is 22.5. The summed E-state index contributed by atoms with van der Waals surface area (Å²) in [5.74, 6) is 0. The quantitative estimate of drug-likeness (QED) is 0.243. The van der Waals surface area contributed by atoms with Gasteiger partial charge in [-0.25, -0.2) is 8.42 Å². The number of hydrogen-bond donors (Lipinski definition) is 0. The fourth-order valence-corrected chi connectivity index (χ4v) is 0. The van der Waals surface area contributed by atoms with Crippen molar-refractivity contribution >= 4 is 10.1 Å². The fourth-order valence-electron chi connectivity index (χ4n) is 0. The van der Waals surface area contributed by atoms with Crippen molar-refractivity contribution in [1.82, 2.24) is 0 Å². The van der Waals surface area contributed by atoms with E-state index < -0.39 is 10.1 Å². The van der Waals surface area contributed by atoms with E-state index in [0.717, 1.165) is 0 Å². The summed E-state index contributed by atoms with van der Waals surface area (Å²) in [6.07, 6.45) is 0.604. The van der Waals surface area contributed by atoms with Crippen molar-refractivity contribution in [3.05, 3.63) is 0 Å². The van der Waals surface area contributed by atoms with Crippen LogP contribution in [0.5, 0.6) is 0 Å². The Kier molecular flexibility index (Phi) is 28.1. The summed E-state index contributed by atoms with van der Waals surface area (Å²) < 4.78 is 27.2. The molecule has 0 rings (SSSR count). The summed E-state index contributed by atoms with van der Waals surface area (Å²) in [5, 5.41) is 0. The molecule has 0 unspecified atom stereocenters. The zero-order valence-electron chi connectivity index (χ0n) is 4.31. The van der Waals surface area contributed by atoms with Gasteiger partial charge in [-0.2, -0.15) is 0 Å². The average Bonchev–Trinajstić information content (AvgIpc) is 0.722. The predicted octanol–water partition coefficient (Wildman–Crippen LogP) is -6.83. The number of hydrogen-bond acceptors (Lipinski definition) is 3. The molecule has 0 bridgehead atoms. The van der Waals surface area contributed by atoms with Crippen LogP contribution in [0, 0.1) is 0 Å². The summed E-state index contributed by atoms with van der Waals surface area (Å²) in [7, 11) is -3.92. The van der Waals surface area contributed by atoms with Gasteiger partial charge in [0, 0.05) is 6.26 Å². The summed E-state index contributed by atoms with van der Waals surface area (Å²) in [6.45, 7) is 0. The van der Waals surface area contributed by atoms with Crippen molar-refractivity contribution in [2.75, 3.05) is 6.26 Å². The van der Waals surface area contributed by atoms with Crippen LogP contribution in [0.1, 0.15) is 0 Å². The van der Waals surface area contributed by atoms with Crippen molar-refractivity contribution in [3.63, 3.8) is 0 Å². The molecule has 50 valence electrons. The molecule has 0 spiro atoms. The maximum absolute atomic E-state index is 9.08. The van der Waals surface area contributed by atoms with Crippen LogP contribution in [-0.2, 0) is 32.5 Å². The molecule has 0 atom stereocenters. The summed E-state index contributed by atoms with van der Waals surface area (Å²) in [5.41, 5.74) is 0. The third kappa shape index (κ3) is 63.7. The Morgan fingerprint density at radius 1 is 1.38 bits per heavy atom. The van der Waals surface area contributed by atoms with Gasteiger partial charge >= 0.3 is 73.8 Å². The predicted molar refractivity (Wildman–Crippen MR) is 15.6 cm³/mol. The third-order valence-electron chi connectivity index (χ3n) is 0. The van der Waals surface area contributed by atoms with Gasteiger partial charge in [0.25, 0.3) is 0 Å². The summed E-state index contributed by atoms with van der Waals surface area (Å²) in [4.78, 5) is 0. The Labute approximate surface area is 124 Å². The van der Waals surface area contributed by atoms with Crippen LogP contribution >= 0.6 is 0 Å². The second-order valence-electron chi connectivity index (χ2n) is 0.704. The summed E-state index contributed by atoms with van der Waals surface area (Å²) >= 11 is 0. The molecule has 0 aliphatic carbocycles. The van der Waals surface area contributed by atoms with E-state index in [2.05, 4.69) is 0 Å². The number of halogens is 1. The first-order valence-electron chi connectivity index (χ1n) is 0.908. The van der Waals surface area contributed by atoms with Crippen molar-refractivity contribution in [1.29, 1.82) is 0 Å². The Bertz CT molecular complexity index is 102. The van der Waals surface area contributed by atoms with E-state index in [1.165, 1.54) is 0 Å². The maximum atomic E-state index is 9.08. The van der Waals surface area contributed by atoms with E-state index in [-0.39, 0.29) is 97.7 Å². The molecule has 0 radical (unpaired) electrons. The van der Waals surface area contributed by atoms with Gasteiger partial charge in [0.1, 0.15) is 0 Å². The van der Waals surface area contributed by atoms with E-state index >= 15 is 0 Å². The molecule has 0 saturated carbocycles. The first-order chi connectivity index (χ1) is 2.00. The average molecular weight is 369 g/mol. The van der Waals surface area contributed by atoms with Gasteiger partial charge in [-0.15, -0.1) is 0 Å². The van der Waals surface area contributed by atoms with Crippen molar-refractivity contribution in [2.24, 2.45) is 0 Å². The standard InChI is InChI=1S/CH4O3S.Ag.HI.K/c1-5(2,3)4;;;/h1H3,(H,2,3,4);;1H;/q;+1;;+1/p-2. The second kappa shape index (κ2) is 10.0. The normalized spacial score (nSPS) is 7.25. The molecule has 8 heavy (non-hydrogen) atoms. The van der Waals surface area contributed by atoms with E-state index in [1.54, 1.807) is 0 Å². The molecule has 7 heteroatoms. The molecular formula is CH3AgIKO3S. The van der Waals surface area contributed by atoms with Crippen LogP contribution in [0.4, 0.5) is 0 Å². The number of rotatable bonds is 0. The smallest absolute Gasteiger partial charge is 1.00 e. The van der Waals surface area contributed by atoms with Crippen LogP contribution in [0.15, 0.2) is 0 Å². The molecule has 0 saturated heterocycles. The Hall–Kier alpha value is 3.02. The van der Waals surface area contributed by atoms with Gasteiger partial charge in [0.15, 0.2) is 0 Å². The first-order valence-corrected chi connectivity index (χ1v) is 2.72.